The summed E-state index contributed by atoms with van der Waals surface area (Å²) in [6.07, 6.45) is 1.53. The summed E-state index contributed by atoms with van der Waals surface area (Å²) in [5.74, 6) is -5.63. The largest absolute Gasteiger partial charge is 0.342 e. The Morgan fingerprint density at radius 2 is 1.83 bits per heavy atom. The molecule has 2 aliphatic rings. The summed E-state index contributed by atoms with van der Waals surface area (Å²) in [7, 11) is 1.82. The Kier molecular flexibility index (Phi) is 6.84. The number of carbonyl (C=O) groups is 3. The molecule has 0 aliphatic carbocycles. The predicted octanol–water partition coefficient (Wildman–Crippen LogP) is 3.69. The van der Waals surface area contributed by atoms with E-state index in [1.807, 2.05) is 29.5 Å². The summed E-state index contributed by atoms with van der Waals surface area (Å²) in [6, 6.07) is 5.71. The number of likely N-dealkylation sites (tertiary alicyclic amines) is 1. The standard InChI is InChI=1S/C25H27F3N4O3/c1-12-4-5-14(23(33)31-25(35)30-19-7-6-18(26)21(27)22(19)28)9-16(12)17-10-15-11-29-13(2)8-20(15)32(3)24(17)34/h4-7,9,13,15,17,20,29H,8,10-11H2,1-3H3,(H2,30,31,33,35). The fourth-order valence-corrected chi connectivity index (χ4v) is 5.02. The first-order valence-electron chi connectivity index (χ1n) is 11.4. The van der Waals surface area contributed by atoms with Gasteiger partial charge in [-0.25, -0.2) is 18.0 Å². The lowest BCUT2D eigenvalue weighted by Crippen LogP contribution is -2.57. The van der Waals surface area contributed by atoms with Crippen molar-refractivity contribution in [2.45, 2.75) is 44.7 Å². The maximum Gasteiger partial charge on any atom is 0.326 e. The van der Waals surface area contributed by atoms with Gasteiger partial charge < -0.3 is 15.5 Å². The van der Waals surface area contributed by atoms with Gasteiger partial charge in [0.15, 0.2) is 17.5 Å². The van der Waals surface area contributed by atoms with Crippen molar-refractivity contribution in [3.8, 4) is 0 Å². The van der Waals surface area contributed by atoms with Crippen molar-refractivity contribution in [3.05, 3.63) is 64.5 Å². The molecule has 10 heteroatoms. The number of amides is 4. The molecule has 4 unspecified atom stereocenters. The summed E-state index contributed by atoms with van der Waals surface area (Å²) in [5, 5.41) is 7.51. The van der Waals surface area contributed by atoms with Crippen molar-refractivity contribution >= 4 is 23.5 Å². The van der Waals surface area contributed by atoms with Gasteiger partial charge in [-0.05, 0) is 68.0 Å². The molecule has 2 fully saturated rings. The van der Waals surface area contributed by atoms with Crippen LogP contribution in [0.25, 0.3) is 0 Å². The van der Waals surface area contributed by atoms with E-state index in [9.17, 15) is 27.6 Å². The number of piperidine rings is 2. The molecule has 0 aromatic heterocycles. The van der Waals surface area contributed by atoms with Crippen molar-refractivity contribution < 1.29 is 27.6 Å². The third-order valence-corrected chi connectivity index (χ3v) is 6.98. The van der Waals surface area contributed by atoms with Gasteiger partial charge >= 0.3 is 6.03 Å². The van der Waals surface area contributed by atoms with Gasteiger partial charge in [-0.1, -0.05) is 6.07 Å². The van der Waals surface area contributed by atoms with Crippen molar-refractivity contribution in [1.82, 2.24) is 15.5 Å². The van der Waals surface area contributed by atoms with Gasteiger partial charge in [0.2, 0.25) is 5.91 Å². The molecule has 4 atom stereocenters. The Morgan fingerprint density at radius 1 is 1.09 bits per heavy atom. The number of rotatable bonds is 3. The van der Waals surface area contributed by atoms with E-state index in [1.54, 1.807) is 12.1 Å². The first-order chi connectivity index (χ1) is 16.6. The van der Waals surface area contributed by atoms with E-state index < -0.39 is 41.0 Å². The second kappa shape index (κ2) is 9.69. The Bertz CT molecular complexity index is 1190. The molecule has 3 N–H and O–H groups in total. The van der Waals surface area contributed by atoms with E-state index in [0.29, 0.717) is 24.1 Å². The topological polar surface area (TPSA) is 90.5 Å². The molecule has 2 heterocycles. The summed E-state index contributed by atoms with van der Waals surface area (Å²) < 4.78 is 40.3. The van der Waals surface area contributed by atoms with Crippen molar-refractivity contribution in [2.75, 3.05) is 18.9 Å². The van der Waals surface area contributed by atoms with Crippen LogP contribution in [-0.2, 0) is 4.79 Å². The number of nitrogens with one attached hydrogen (secondary N) is 3. The highest BCUT2D eigenvalue weighted by Gasteiger charge is 2.43. The first-order valence-corrected chi connectivity index (χ1v) is 11.4. The molecule has 7 nitrogen and oxygen atoms in total. The summed E-state index contributed by atoms with van der Waals surface area (Å²) in [5.41, 5.74) is 1.08. The Morgan fingerprint density at radius 3 is 2.57 bits per heavy atom. The summed E-state index contributed by atoms with van der Waals surface area (Å²) in [6.45, 7) is 4.76. The monoisotopic (exact) mass is 488 g/mol. The minimum atomic E-state index is -1.73. The lowest BCUT2D eigenvalue weighted by atomic mass is 9.75. The van der Waals surface area contributed by atoms with Gasteiger partial charge in [0.25, 0.3) is 5.91 Å². The zero-order valence-electron chi connectivity index (χ0n) is 19.6. The highest BCUT2D eigenvalue weighted by atomic mass is 19.2. The lowest BCUT2D eigenvalue weighted by Gasteiger charge is -2.47. The molecule has 186 valence electrons. The third-order valence-electron chi connectivity index (χ3n) is 6.98. The second-order valence-electron chi connectivity index (χ2n) is 9.31. The number of likely N-dealkylation sites (N-methyl/N-ethyl adjacent to an activating group) is 1. The third kappa shape index (κ3) is 4.88. The highest BCUT2D eigenvalue weighted by molar-refractivity contribution is 6.08. The van der Waals surface area contributed by atoms with Crippen LogP contribution in [0.1, 0.15) is 47.2 Å². The summed E-state index contributed by atoms with van der Waals surface area (Å²) in [4.78, 5) is 39.9. The van der Waals surface area contributed by atoms with Crippen molar-refractivity contribution in [1.29, 1.82) is 0 Å². The van der Waals surface area contributed by atoms with Crippen molar-refractivity contribution in [3.63, 3.8) is 0 Å². The van der Waals surface area contributed by atoms with E-state index in [2.05, 4.69) is 12.2 Å². The molecule has 2 aliphatic heterocycles. The summed E-state index contributed by atoms with van der Waals surface area (Å²) >= 11 is 0. The Labute approximate surface area is 201 Å². The minimum Gasteiger partial charge on any atom is -0.342 e. The number of anilines is 1. The molecule has 2 saturated heterocycles. The van der Waals surface area contributed by atoms with Crippen LogP contribution in [-0.4, -0.2) is 48.4 Å². The average Bonchev–Trinajstić information content (AvgIpc) is 2.82. The number of halogens is 3. The fraction of sp³-hybridized carbons (Fsp3) is 0.400. The van der Waals surface area contributed by atoms with E-state index in [1.165, 1.54) is 6.07 Å². The number of nitrogens with zero attached hydrogens (tertiary/aromatic N) is 1. The maximum atomic E-state index is 13.8. The molecule has 0 radical (unpaired) electrons. The van der Waals surface area contributed by atoms with Crippen molar-refractivity contribution in [2.24, 2.45) is 5.92 Å². The van der Waals surface area contributed by atoms with Crippen LogP contribution in [0.2, 0.25) is 0 Å². The van der Waals surface area contributed by atoms with E-state index in [-0.39, 0.29) is 23.4 Å². The molecule has 0 bridgehead atoms. The number of benzene rings is 2. The van der Waals surface area contributed by atoms with Gasteiger partial charge in [-0.2, -0.15) is 0 Å². The van der Waals surface area contributed by atoms with Gasteiger partial charge in [0.05, 0.1) is 11.6 Å². The SMILES string of the molecule is Cc1ccc(C(=O)NC(=O)Nc2ccc(F)c(F)c2F)cc1C1CC2CNC(C)CC2N(C)C1=O. The van der Waals surface area contributed by atoms with Crippen LogP contribution in [0.5, 0.6) is 0 Å². The Balaban J connectivity index is 1.50. The van der Waals surface area contributed by atoms with Gasteiger partial charge in [-0.15, -0.1) is 0 Å². The number of aryl methyl sites for hydroxylation is 1. The van der Waals surface area contributed by atoms with E-state index in [4.69, 9.17) is 0 Å². The van der Waals surface area contributed by atoms with Crippen LogP contribution in [0, 0.1) is 30.3 Å². The predicted molar refractivity (Wildman–Crippen MR) is 123 cm³/mol. The van der Waals surface area contributed by atoms with Gasteiger partial charge in [0.1, 0.15) is 0 Å². The van der Waals surface area contributed by atoms with Crippen LogP contribution in [0.15, 0.2) is 30.3 Å². The number of urea groups is 1. The molecule has 4 rings (SSSR count). The molecule has 0 spiro atoms. The number of imide groups is 1. The highest BCUT2D eigenvalue weighted by Crippen LogP contribution is 2.38. The zero-order chi connectivity index (χ0) is 25.4. The normalized spacial score (nSPS) is 24.1. The number of hydrogen-bond acceptors (Lipinski definition) is 4. The first kappa shape index (κ1) is 24.7. The van der Waals surface area contributed by atoms with Gasteiger partial charge in [-0.3, -0.25) is 14.9 Å². The lowest BCUT2D eigenvalue weighted by molar-refractivity contribution is -0.140. The maximum absolute atomic E-state index is 13.8. The number of hydrogen-bond donors (Lipinski definition) is 3. The van der Waals surface area contributed by atoms with E-state index >= 15 is 0 Å². The fourth-order valence-electron chi connectivity index (χ4n) is 5.02. The van der Waals surface area contributed by atoms with E-state index in [0.717, 1.165) is 24.6 Å². The Hall–Kier alpha value is -3.40. The number of fused-ring (bicyclic) bond motifs is 1. The van der Waals surface area contributed by atoms with Crippen LogP contribution < -0.4 is 16.0 Å². The second-order valence-corrected chi connectivity index (χ2v) is 9.31. The number of carbonyl (C=O) groups excluding carboxylic acids is 3. The average molecular weight is 489 g/mol. The molecule has 2 aromatic carbocycles. The van der Waals surface area contributed by atoms with Crippen LogP contribution >= 0.6 is 0 Å². The minimum absolute atomic E-state index is 0.00689. The molecule has 0 saturated carbocycles. The molecule has 4 amide bonds. The van der Waals surface area contributed by atoms with Crippen LogP contribution in [0.4, 0.5) is 23.7 Å². The molecule has 35 heavy (non-hydrogen) atoms. The molecule has 2 aromatic rings. The van der Waals surface area contributed by atoms with Gasteiger partial charge in [0, 0.05) is 31.2 Å². The molecular formula is C25H27F3N4O3. The smallest absolute Gasteiger partial charge is 0.326 e. The zero-order valence-corrected chi connectivity index (χ0v) is 19.6. The quantitative estimate of drug-likeness (QED) is 0.575. The molecular weight excluding hydrogens is 461 g/mol. The van der Waals surface area contributed by atoms with Crippen LogP contribution in [0.3, 0.4) is 0 Å².